The van der Waals surface area contributed by atoms with Gasteiger partial charge in [-0.3, -0.25) is 0 Å². The Hall–Kier alpha value is -2.08. The van der Waals surface area contributed by atoms with Crippen LogP contribution in [0.4, 0.5) is 0 Å². The lowest BCUT2D eigenvalue weighted by Crippen LogP contribution is -1.99. The topological polar surface area (TPSA) is 0 Å². The number of hydrogen-bond acceptors (Lipinski definition) is 0. The molecule has 0 aromatic heterocycles. The third kappa shape index (κ3) is 2.05. The molecule has 0 amide bonds. The Bertz CT molecular complexity index is 848. The standard InChI is InChI=1S/C23H24/c1-14-16(3)22(20-11-7-5-9-18(14)20)13-23-17(4)15(2)19-10-6-8-12-21(19)23/h5-12,14,23H,13H2,1-4H3. The second kappa shape index (κ2) is 5.23. The molecule has 0 bridgehead atoms. The monoisotopic (exact) mass is 300 g/mol. The maximum absolute atomic E-state index is 2.34. The second-order valence-corrected chi connectivity index (χ2v) is 7.12. The van der Waals surface area contributed by atoms with E-state index in [1.54, 1.807) is 16.7 Å². The van der Waals surface area contributed by atoms with Crippen molar-refractivity contribution in [3.8, 4) is 0 Å². The molecule has 2 aromatic rings. The van der Waals surface area contributed by atoms with E-state index in [2.05, 4.69) is 76.2 Å². The van der Waals surface area contributed by atoms with Crippen LogP contribution in [-0.2, 0) is 0 Å². The minimum atomic E-state index is 0.537. The van der Waals surface area contributed by atoms with Gasteiger partial charge in [0.25, 0.3) is 0 Å². The summed E-state index contributed by atoms with van der Waals surface area (Å²) in [6, 6.07) is 17.9. The smallest absolute Gasteiger partial charge is 0.00979 e. The molecular weight excluding hydrogens is 276 g/mol. The summed E-state index contributed by atoms with van der Waals surface area (Å²) >= 11 is 0. The first-order chi connectivity index (χ1) is 11.1. The maximum Gasteiger partial charge on any atom is 0.00979 e. The first-order valence-corrected chi connectivity index (χ1v) is 8.65. The van der Waals surface area contributed by atoms with E-state index in [1.165, 1.54) is 27.8 Å². The average molecular weight is 300 g/mol. The fourth-order valence-electron chi connectivity index (χ4n) is 4.44. The summed E-state index contributed by atoms with van der Waals surface area (Å²) in [7, 11) is 0. The molecule has 2 atom stereocenters. The predicted molar refractivity (Wildman–Crippen MR) is 99.5 cm³/mol. The van der Waals surface area contributed by atoms with Crippen molar-refractivity contribution in [2.24, 2.45) is 0 Å². The molecule has 0 nitrogen and oxygen atoms in total. The van der Waals surface area contributed by atoms with Gasteiger partial charge in [0.2, 0.25) is 0 Å². The molecule has 0 fully saturated rings. The van der Waals surface area contributed by atoms with Gasteiger partial charge in [0.15, 0.2) is 0 Å². The van der Waals surface area contributed by atoms with Crippen LogP contribution >= 0.6 is 0 Å². The Morgan fingerprint density at radius 2 is 1.35 bits per heavy atom. The van der Waals surface area contributed by atoms with Crippen LogP contribution in [0.15, 0.2) is 59.7 Å². The fraction of sp³-hybridized carbons (Fsp3) is 0.304. The van der Waals surface area contributed by atoms with E-state index < -0.39 is 0 Å². The van der Waals surface area contributed by atoms with E-state index in [-0.39, 0.29) is 0 Å². The fourth-order valence-corrected chi connectivity index (χ4v) is 4.44. The Morgan fingerprint density at radius 1 is 0.739 bits per heavy atom. The van der Waals surface area contributed by atoms with Crippen LogP contribution in [-0.4, -0.2) is 0 Å². The van der Waals surface area contributed by atoms with Crippen LogP contribution in [0, 0.1) is 0 Å². The van der Waals surface area contributed by atoms with Gasteiger partial charge >= 0.3 is 0 Å². The van der Waals surface area contributed by atoms with Crippen molar-refractivity contribution in [2.45, 2.75) is 46.0 Å². The SMILES string of the molecule is CC1=C(C)C(CC2=C(C)C(C)c3ccccc32)c2ccccc21. The molecule has 0 saturated heterocycles. The van der Waals surface area contributed by atoms with E-state index >= 15 is 0 Å². The highest BCUT2D eigenvalue weighted by Crippen LogP contribution is 2.50. The molecule has 0 aliphatic heterocycles. The van der Waals surface area contributed by atoms with Crippen molar-refractivity contribution in [1.29, 1.82) is 0 Å². The van der Waals surface area contributed by atoms with Crippen LogP contribution in [0.1, 0.15) is 68.2 Å². The Balaban J connectivity index is 1.78. The lowest BCUT2D eigenvalue weighted by atomic mass is 9.87. The predicted octanol–water partition coefficient (Wildman–Crippen LogP) is 6.56. The Labute approximate surface area is 139 Å². The Morgan fingerprint density at radius 3 is 2.09 bits per heavy atom. The molecule has 0 spiro atoms. The van der Waals surface area contributed by atoms with Gasteiger partial charge in [-0.1, -0.05) is 66.6 Å². The maximum atomic E-state index is 2.34. The summed E-state index contributed by atoms with van der Waals surface area (Å²) in [6.45, 7) is 9.27. The first kappa shape index (κ1) is 14.5. The van der Waals surface area contributed by atoms with E-state index in [1.807, 2.05) is 0 Å². The molecule has 0 heterocycles. The molecule has 0 radical (unpaired) electrons. The largest absolute Gasteiger partial charge is 0.0622 e. The molecular formula is C23H24. The highest BCUT2D eigenvalue weighted by atomic mass is 14.4. The van der Waals surface area contributed by atoms with Crippen molar-refractivity contribution >= 4 is 11.1 Å². The molecule has 23 heavy (non-hydrogen) atoms. The number of benzene rings is 2. The molecule has 4 rings (SSSR count). The van der Waals surface area contributed by atoms with Crippen molar-refractivity contribution < 1.29 is 0 Å². The molecule has 0 heteroatoms. The summed E-state index contributed by atoms with van der Waals surface area (Å²) in [5.41, 5.74) is 12.1. The van der Waals surface area contributed by atoms with Gasteiger partial charge in [-0.2, -0.15) is 0 Å². The highest BCUT2D eigenvalue weighted by molar-refractivity contribution is 5.82. The van der Waals surface area contributed by atoms with Gasteiger partial charge < -0.3 is 0 Å². The summed E-state index contributed by atoms with van der Waals surface area (Å²) in [4.78, 5) is 0. The van der Waals surface area contributed by atoms with E-state index in [4.69, 9.17) is 0 Å². The second-order valence-electron chi connectivity index (χ2n) is 7.12. The van der Waals surface area contributed by atoms with Gasteiger partial charge in [0.1, 0.15) is 0 Å². The third-order valence-corrected chi connectivity index (χ3v) is 6.14. The number of hydrogen-bond donors (Lipinski definition) is 0. The quantitative estimate of drug-likeness (QED) is 0.589. The molecule has 2 unspecified atom stereocenters. The van der Waals surface area contributed by atoms with Crippen molar-refractivity contribution in [3.05, 3.63) is 81.9 Å². The highest BCUT2D eigenvalue weighted by Gasteiger charge is 2.31. The average Bonchev–Trinajstić information content (AvgIpc) is 2.97. The van der Waals surface area contributed by atoms with Crippen LogP contribution in [0.5, 0.6) is 0 Å². The van der Waals surface area contributed by atoms with Crippen molar-refractivity contribution in [1.82, 2.24) is 0 Å². The number of allylic oxidation sites excluding steroid dienone is 4. The lowest BCUT2D eigenvalue weighted by Gasteiger charge is -2.17. The van der Waals surface area contributed by atoms with Gasteiger partial charge in [0.05, 0.1) is 0 Å². The minimum absolute atomic E-state index is 0.537. The van der Waals surface area contributed by atoms with E-state index in [0.29, 0.717) is 11.8 Å². The normalized spacial score (nSPS) is 22.6. The molecule has 0 saturated carbocycles. The van der Waals surface area contributed by atoms with Gasteiger partial charge in [0, 0.05) is 11.8 Å². The Kier molecular flexibility index (Phi) is 3.30. The van der Waals surface area contributed by atoms with E-state index in [0.717, 1.165) is 6.42 Å². The van der Waals surface area contributed by atoms with Gasteiger partial charge in [-0.15, -0.1) is 0 Å². The van der Waals surface area contributed by atoms with Crippen LogP contribution in [0.3, 0.4) is 0 Å². The van der Waals surface area contributed by atoms with E-state index in [9.17, 15) is 0 Å². The molecule has 2 aliphatic carbocycles. The summed E-state index contributed by atoms with van der Waals surface area (Å²) < 4.78 is 0. The number of rotatable bonds is 2. The van der Waals surface area contributed by atoms with Gasteiger partial charge in [-0.25, -0.2) is 0 Å². The molecule has 2 aliphatic rings. The summed E-state index contributed by atoms with van der Waals surface area (Å²) in [5, 5.41) is 0. The van der Waals surface area contributed by atoms with Crippen LogP contribution in [0.2, 0.25) is 0 Å². The molecule has 0 N–H and O–H groups in total. The summed E-state index contributed by atoms with van der Waals surface area (Å²) in [5.74, 6) is 1.10. The zero-order chi connectivity index (χ0) is 16.1. The zero-order valence-corrected chi connectivity index (χ0v) is 14.5. The summed E-state index contributed by atoms with van der Waals surface area (Å²) in [6.07, 6.45) is 1.13. The lowest BCUT2D eigenvalue weighted by molar-refractivity contribution is 0.833. The van der Waals surface area contributed by atoms with Crippen LogP contribution < -0.4 is 0 Å². The van der Waals surface area contributed by atoms with Crippen LogP contribution in [0.25, 0.3) is 11.1 Å². The van der Waals surface area contributed by atoms with Crippen molar-refractivity contribution in [3.63, 3.8) is 0 Å². The molecule has 116 valence electrons. The molecule has 2 aromatic carbocycles. The minimum Gasteiger partial charge on any atom is -0.0622 e. The third-order valence-electron chi connectivity index (χ3n) is 6.14. The zero-order valence-electron chi connectivity index (χ0n) is 14.5. The van der Waals surface area contributed by atoms with Crippen molar-refractivity contribution in [2.75, 3.05) is 0 Å². The van der Waals surface area contributed by atoms with Gasteiger partial charge in [-0.05, 0) is 60.6 Å². The number of fused-ring (bicyclic) bond motifs is 2. The first-order valence-electron chi connectivity index (χ1n) is 8.65.